The van der Waals surface area contributed by atoms with E-state index in [0.717, 1.165) is 12.8 Å². The summed E-state index contributed by atoms with van der Waals surface area (Å²) < 4.78 is 10.00. The average Bonchev–Trinajstić information content (AvgIpc) is 3.05. The van der Waals surface area contributed by atoms with Crippen LogP contribution < -0.4 is 5.32 Å². The van der Waals surface area contributed by atoms with Gasteiger partial charge in [-0.05, 0) is 44.9 Å². The molecule has 0 aromatic rings. The van der Waals surface area contributed by atoms with Gasteiger partial charge in [-0.1, -0.05) is 13.8 Å². The van der Waals surface area contributed by atoms with Gasteiger partial charge in [-0.3, -0.25) is 0 Å². The van der Waals surface area contributed by atoms with Crippen molar-refractivity contribution in [1.29, 1.82) is 0 Å². The van der Waals surface area contributed by atoms with Gasteiger partial charge in [-0.2, -0.15) is 0 Å². The van der Waals surface area contributed by atoms with Gasteiger partial charge in [0, 0.05) is 0 Å². The topological polar surface area (TPSA) is 64.6 Å². The maximum Gasteiger partial charge on any atom is 0.408 e. The van der Waals surface area contributed by atoms with E-state index in [1.54, 1.807) is 20.8 Å². The molecule has 1 atom stereocenters. The van der Waals surface area contributed by atoms with Crippen molar-refractivity contribution in [2.75, 3.05) is 7.11 Å². The number of esters is 1. The van der Waals surface area contributed by atoms with Crippen molar-refractivity contribution >= 4 is 12.1 Å². The lowest BCUT2D eigenvalue weighted by Crippen LogP contribution is -2.52. The fraction of sp³-hybridized carbons (Fsp3) is 0.857. The molecule has 1 N–H and O–H groups in total. The summed E-state index contributed by atoms with van der Waals surface area (Å²) in [5.41, 5.74) is -0.918. The van der Waals surface area contributed by atoms with Gasteiger partial charge in [0.1, 0.15) is 11.6 Å². The van der Waals surface area contributed by atoms with Crippen molar-refractivity contribution in [1.82, 2.24) is 5.32 Å². The fourth-order valence-electron chi connectivity index (χ4n) is 2.15. The Morgan fingerprint density at radius 1 is 1.16 bits per heavy atom. The first-order chi connectivity index (χ1) is 8.58. The van der Waals surface area contributed by atoms with Crippen LogP contribution in [0.1, 0.15) is 47.5 Å². The molecule has 1 aliphatic carbocycles. The standard InChI is InChI=1S/C14H25NO4/c1-13(2,3)19-12(17)15-10(11(16)18-6)14(4,5)9-7-8-9/h9-10H,7-8H2,1-6H3,(H,15,17)/t10-/m1/s1. The Kier molecular flexibility index (Phi) is 4.48. The maximum absolute atomic E-state index is 11.9. The minimum atomic E-state index is -0.681. The molecule has 0 saturated heterocycles. The Morgan fingerprint density at radius 2 is 1.68 bits per heavy atom. The summed E-state index contributed by atoms with van der Waals surface area (Å²) in [7, 11) is 1.33. The first-order valence-corrected chi connectivity index (χ1v) is 6.65. The van der Waals surface area contributed by atoms with Crippen molar-refractivity contribution in [2.45, 2.75) is 59.1 Å². The molecule has 0 aromatic heterocycles. The number of amides is 1. The van der Waals surface area contributed by atoms with Crippen molar-refractivity contribution in [3.63, 3.8) is 0 Å². The third kappa shape index (κ3) is 4.40. The number of alkyl carbamates (subject to hydrolysis) is 1. The summed E-state index contributed by atoms with van der Waals surface area (Å²) >= 11 is 0. The van der Waals surface area contributed by atoms with Crippen LogP contribution in [0.2, 0.25) is 0 Å². The van der Waals surface area contributed by atoms with E-state index >= 15 is 0 Å². The van der Waals surface area contributed by atoms with E-state index in [9.17, 15) is 9.59 Å². The highest BCUT2D eigenvalue weighted by Crippen LogP contribution is 2.47. The number of carbonyl (C=O) groups excluding carboxylic acids is 2. The van der Waals surface area contributed by atoms with Crippen LogP contribution >= 0.6 is 0 Å². The molecule has 1 aliphatic rings. The van der Waals surface area contributed by atoms with Crippen molar-refractivity contribution < 1.29 is 19.1 Å². The summed E-state index contributed by atoms with van der Waals surface area (Å²) in [5.74, 6) is 0.00861. The largest absolute Gasteiger partial charge is 0.467 e. The third-order valence-corrected chi connectivity index (χ3v) is 3.47. The Hall–Kier alpha value is -1.26. The summed E-state index contributed by atoms with van der Waals surface area (Å²) in [6, 6.07) is -0.681. The number of hydrogen-bond acceptors (Lipinski definition) is 4. The smallest absolute Gasteiger partial charge is 0.408 e. The van der Waals surface area contributed by atoms with E-state index in [1.165, 1.54) is 7.11 Å². The van der Waals surface area contributed by atoms with Crippen LogP contribution in [0.15, 0.2) is 0 Å². The summed E-state index contributed by atoms with van der Waals surface area (Å²) in [6.07, 6.45) is 1.57. The average molecular weight is 271 g/mol. The quantitative estimate of drug-likeness (QED) is 0.798. The summed E-state index contributed by atoms with van der Waals surface area (Å²) in [4.78, 5) is 23.7. The molecular formula is C14H25NO4. The van der Waals surface area contributed by atoms with E-state index in [1.807, 2.05) is 13.8 Å². The van der Waals surface area contributed by atoms with Crippen molar-refractivity contribution in [3.8, 4) is 0 Å². The normalized spacial score (nSPS) is 17.6. The van der Waals surface area contributed by atoms with Crippen LogP contribution in [0, 0.1) is 11.3 Å². The molecule has 0 aliphatic heterocycles. The van der Waals surface area contributed by atoms with Gasteiger partial charge in [-0.25, -0.2) is 9.59 Å². The summed E-state index contributed by atoms with van der Waals surface area (Å²) in [6.45, 7) is 9.30. The second-order valence-electron chi connectivity index (χ2n) is 6.70. The lowest BCUT2D eigenvalue weighted by atomic mass is 9.79. The van der Waals surface area contributed by atoms with Gasteiger partial charge in [-0.15, -0.1) is 0 Å². The molecule has 0 spiro atoms. The predicted octanol–water partition coefficient (Wildman–Crippen LogP) is 2.49. The zero-order chi connectivity index (χ0) is 14.8. The second-order valence-corrected chi connectivity index (χ2v) is 6.70. The van der Waals surface area contributed by atoms with Crippen molar-refractivity contribution in [2.24, 2.45) is 11.3 Å². The number of ether oxygens (including phenoxy) is 2. The van der Waals surface area contributed by atoms with Crippen LogP contribution in [0.3, 0.4) is 0 Å². The first-order valence-electron chi connectivity index (χ1n) is 6.65. The van der Waals surface area contributed by atoms with Crippen molar-refractivity contribution in [3.05, 3.63) is 0 Å². The molecule has 1 saturated carbocycles. The number of methoxy groups -OCH3 is 1. The van der Waals surface area contributed by atoms with E-state index in [2.05, 4.69) is 5.32 Å². The Morgan fingerprint density at radius 3 is 2.05 bits per heavy atom. The monoisotopic (exact) mass is 271 g/mol. The number of carbonyl (C=O) groups is 2. The minimum Gasteiger partial charge on any atom is -0.467 e. The molecule has 0 radical (unpaired) electrons. The Balaban J connectivity index is 2.75. The molecule has 5 heteroatoms. The fourth-order valence-corrected chi connectivity index (χ4v) is 2.15. The molecule has 0 heterocycles. The van der Waals surface area contributed by atoms with E-state index in [0.29, 0.717) is 5.92 Å². The zero-order valence-corrected chi connectivity index (χ0v) is 12.7. The van der Waals surface area contributed by atoms with Crippen LogP contribution in [0.5, 0.6) is 0 Å². The molecule has 1 rings (SSSR count). The summed E-state index contributed by atoms with van der Waals surface area (Å²) in [5, 5.41) is 2.65. The van der Waals surface area contributed by atoms with Gasteiger partial charge in [0.05, 0.1) is 7.11 Å². The van der Waals surface area contributed by atoms with E-state index < -0.39 is 23.7 Å². The highest BCUT2D eigenvalue weighted by Gasteiger charge is 2.48. The molecule has 0 unspecified atom stereocenters. The molecule has 1 amide bonds. The molecule has 0 aromatic carbocycles. The first kappa shape index (κ1) is 15.8. The molecule has 19 heavy (non-hydrogen) atoms. The number of rotatable bonds is 4. The number of hydrogen-bond donors (Lipinski definition) is 1. The Bertz CT molecular complexity index is 353. The van der Waals surface area contributed by atoms with Gasteiger partial charge < -0.3 is 14.8 Å². The highest BCUT2D eigenvalue weighted by atomic mass is 16.6. The van der Waals surface area contributed by atoms with Crippen LogP contribution in [0.25, 0.3) is 0 Å². The van der Waals surface area contributed by atoms with Gasteiger partial charge in [0.2, 0.25) is 0 Å². The zero-order valence-electron chi connectivity index (χ0n) is 12.7. The molecular weight excluding hydrogens is 246 g/mol. The Labute approximate surface area is 115 Å². The SMILES string of the molecule is COC(=O)[C@@H](NC(=O)OC(C)(C)C)C(C)(C)C1CC1. The van der Waals surface area contributed by atoms with E-state index in [4.69, 9.17) is 9.47 Å². The number of nitrogens with one attached hydrogen (secondary N) is 1. The van der Waals surface area contributed by atoms with Gasteiger partial charge in [0.25, 0.3) is 0 Å². The second kappa shape index (κ2) is 5.39. The van der Waals surface area contributed by atoms with Crippen LogP contribution in [-0.2, 0) is 14.3 Å². The van der Waals surface area contributed by atoms with Gasteiger partial charge in [0.15, 0.2) is 0 Å². The lowest BCUT2D eigenvalue weighted by Gasteiger charge is -2.33. The maximum atomic E-state index is 11.9. The third-order valence-electron chi connectivity index (χ3n) is 3.47. The van der Waals surface area contributed by atoms with Crippen LogP contribution in [0.4, 0.5) is 4.79 Å². The molecule has 110 valence electrons. The molecule has 0 bridgehead atoms. The minimum absolute atomic E-state index is 0.329. The predicted molar refractivity (Wildman–Crippen MR) is 71.7 cm³/mol. The van der Waals surface area contributed by atoms with E-state index in [-0.39, 0.29) is 5.41 Å². The van der Waals surface area contributed by atoms with Crippen LogP contribution in [-0.4, -0.2) is 30.8 Å². The van der Waals surface area contributed by atoms with Gasteiger partial charge >= 0.3 is 12.1 Å². The highest BCUT2D eigenvalue weighted by molar-refractivity contribution is 5.82. The lowest BCUT2D eigenvalue weighted by molar-refractivity contribution is -0.146. The molecule has 1 fully saturated rings. The molecule has 5 nitrogen and oxygen atoms in total.